The molecule has 1 amide bonds. The lowest BCUT2D eigenvalue weighted by molar-refractivity contribution is -0.140. The maximum Gasteiger partial charge on any atom is 0.243 e. The van der Waals surface area contributed by atoms with Crippen LogP contribution in [-0.2, 0) is 14.8 Å². The summed E-state index contributed by atoms with van der Waals surface area (Å²) in [5, 5.41) is 0. The van der Waals surface area contributed by atoms with Gasteiger partial charge in [-0.3, -0.25) is 4.79 Å². The first kappa shape index (κ1) is 18.3. The Hall–Kier alpha value is -1.47. The average molecular weight is 368 g/mol. The van der Waals surface area contributed by atoms with Crippen LogP contribution in [-0.4, -0.2) is 49.2 Å². The Morgan fingerprint density at radius 2 is 1.80 bits per heavy atom. The van der Waals surface area contributed by atoms with E-state index in [9.17, 15) is 17.6 Å². The van der Waals surface area contributed by atoms with E-state index in [-0.39, 0.29) is 22.3 Å². The highest BCUT2D eigenvalue weighted by Gasteiger charge is 2.44. The van der Waals surface area contributed by atoms with Crippen LogP contribution in [0.5, 0.6) is 0 Å². The van der Waals surface area contributed by atoms with Crippen LogP contribution in [0.25, 0.3) is 0 Å². The smallest absolute Gasteiger partial charge is 0.243 e. The van der Waals surface area contributed by atoms with Crippen LogP contribution >= 0.6 is 0 Å². The van der Waals surface area contributed by atoms with Gasteiger partial charge >= 0.3 is 0 Å². The molecule has 138 valence electrons. The zero-order chi connectivity index (χ0) is 18.2. The van der Waals surface area contributed by atoms with E-state index in [4.69, 9.17) is 0 Å². The van der Waals surface area contributed by atoms with E-state index in [1.165, 1.54) is 28.6 Å². The lowest BCUT2D eigenvalue weighted by Crippen LogP contribution is -2.56. The van der Waals surface area contributed by atoms with E-state index >= 15 is 0 Å². The highest BCUT2D eigenvalue weighted by atomic mass is 32.2. The van der Waals surface area contributed by atoms with Crippen molar-refractivity contribution in [2.24, 2.45) is 5.41 Å². The van der Waals surface area contributed by atoms with Crippen molar-refractivity contribution in [2.45, 2.75) is 50.5 Å². The zero-order valence-corrected chi connectivity index (χ0v) is 15.6. The number of hydrogen-bond acceptors (Lipinski definition) is 3. The molecule has 2 aliphatic heterocycles. The van der Waals surface area contributed by atoms with Crippen LogP contribution in [0, 0.1) is 11.2 Å². The van der Waals surface area contributed by atoms with Gasteiger partial charge in [0.25, 0.3) is 0 Å². The second-order valence-electron chi connectivity index (χ2n) is 7.51. The third-order valence-corrected chi connectivity index (χ3v) is 7.26. The highest BCUT2D eigenvalue weighted by Crippen LogP contribution is 2.40. The second-order valence-corrected chi connectivity index (χ2v) is 9.45. The van der Waals surface area contributed by atoms with Crippen LogP contribution in [0.1, 0.15) is 39.5 Å². The molecular weight excluding hydrogens is 343 g/mol. The molecule has 0 saturated carbocycles. The summed E-state index contributed by atoms with van der Waals surface area (Å²) in [4.78, 5) is 14.1. The van der Waals surface area contributed by atoms with E-state index in [1.54, 1.807) is 0 Å². The number of nitrogens with zero attached hydrogens (tertiary/aromatic N) is 2. The predicted molar refractivity (Wildman–Crippen MR) is 92.9 cm³/mol. The Labute approximate surface area is 148 Å². The third-order valence-electron chi connectivity index (χ3n) is 5.40. The third kappa shape index (κ3) is 3.58. The van der Waals surface area contributed by atoms with Gasteiger partial charge in [-0.15, -0.1) is 0 Å². The van der Waals surface area contributed by atoms with Gasteiger partial charge < -0.3 is 4.90 Å². The number of benzene rings is 1. The number of likely N-dealkylation sites (tertiary alicyclic amines) is 1. The highest BCUT2D eigenvalue weighted by molar-refractivity contribution is 7.89. The molecule has 5 nitrogen and oxygen atoms in total. The standard InChI is InChI=1S/C18H25FN2O3S/c1-14(2)21-13-18(10-8-17(21)22)9-3-11-20(12-18)25(23,24)16-6-4-15(19)5-7-16/h4-7,14H,3,8-13H2,1-2H3/t18-/m1/s1. The molecule has 0 bridgehead atoms. The molecule has 0 aromatic heterocycles. The van der Waals surface area contributed by atoms with Crippen LogP contribution < -0.4 is 0 Å². The van der Waals surface area contributed by atoms with Crippen LogP contribution in [0.15, 0.2) is 29.2 Å². The zero-order valence-electron chi connectivity index (χ0n) is 14.7. The van der Waals surface area contributed by atoms with E-state index in [0.29, 0.717) is 26.1 Å². The topological polar surface area (TPSA) is 57.7 Å². The van der Waals surface area contributed by atoms with Crippen LogP contribution in [0.2, 0.25) is 0 Å². The van der Waals surface area contributed by atoms with Gasteiger partial charge in [-0.05, 0) is 57.4 Å². The molecule has 0 unspecified atom stereocenters. The Kier molecular flexibility index (Phi) is 4.90. The van der Waals surface area contributed by atoms with Gasteiger partial charge in [-0.2, -0.15) is 4.31 Å². The number of rotatable bonds is 3. The summed E-state index contributed by atoms with van der Waals surface area (Å²) >= 11 is 0. The van der Waals surface area contributed by atoms with E-state index in [2.05, 4.69) is 0 Å². The first-order valence-corrected chi connectivity index (χ1v) is 10.2. The molecule has 2 fully saturated rings. The summed E-state index contributed by atoms with van der Waals surface area (Å²) < 4.78 is 40.5. The molecule has 7 heteroatoms. The number of halogens is 1. The molecule has 0 N–H and O–H groups in total. The fourth-order valence-corrected chi connectivity index (χ4v) is 5.56. The Morgan fingerprint density at radius 3 is 2.44 bits per heavy atom. The lowest BCUT2D eigenvalue weighted by atomic mass is 9.74. The molecule has 2 heterocycles. The summed E-state index contributed by atoms with van der Waals surface area (Å²) in [5.41, 5.74) is -0.177. The Morgan fingerprint density at radius 1 is 1.12 bits per heavy atom. The molecule has 3 rings (SSSR count). The van der Waals surface area contributed by atoms with Gasteiger partial charge in [-0.25, -0.2) is 12.8 Å². The number of piperidine rings is 2. The molecule has 1 spiro atoms. The molecule has 1 aromatic rings. The van der Waals surface area contributed by atoms with Gasteiger partial charge in [0.15, 0.2) is 0 Å². The van der Waals surface area contributed by atoms with Crippen molar-refractivity contribution >= 4 is 15.9 Å². The van der Waals surface area contributed by atoms with Crippen molar-refractivity contribution in [1.82, 2.24) is 9.21 Å². The molecule has 2 saturated heterocycles. The quantitative estimate of drug-likeness (QED) is 0.824. The maximum atomic E-state index is 13.1. The second kappa shape index (κ2) is 6.68. The monoisotopic (exact) mass is 368 g/mol. The lowest BCUT2D eigenvalue weighted by Gasteiger charge is -2.48. The minimum Gasteiger partial charge on any atom is -0.340 e. The maximum absolute atomic E-state index is 13.1. The summed E-state index contributed by atoms with van der Waals surface area (Å²) in [5.74, 6) is -0.299. The fraction of sp³-hybridized carbons (Fsp3) is 0.611. The summed E-state index contributed by atoms with van der Waals surface area (Å²) in [6.45, 7) is 5.48. The minimum atomic E-state index is -3.64. The normalized spacial score (nSPS) is 25.8. The molecule has 2 aliphatic rings. The van der Waals surface area contributed by atoms with Gasteiger partial charge in [0, 0.05) is 37.5 Å². The van der Waals surface area contributed by atoms with Gasteiger partial charge in [-0.1, -0.05) is 0 Å². The molecule has 1 aromatic carbocycles. The van der Waals surface area contributed by atoms with Gasteiger partial charge in [0.1, 0.15) is 5.82 Å². The molecule has 0 radical (unpaired) electrons. The molecule has 0 aliphatic carbocycles. The van der Waals surface area contributed by atoms with E-state index in [1.807, 2.05) is 18.7 Å². The number of sulfonamides is 1. The van der Waals surface area contributed by atoms with Crippen molar-refractivity contribution in [2.75, 3.05) is 19.6 Å². The average Bonchev–Trinajstić information content (AvgIpc) is 2.58. The van der Waals surface area contributed by atoms with Crippen LogP contribution in [0.4, 0.5) is 4.39 Å². The van der Waals surface area contributed by atoms with Crippen molar-refractivity contribution in [3.63, 3.8) is 0 Å². The Bertz CT molecular complexity index is 748. The minimum absolute atomic E-state index is 0.119. The van der Waals surface area contributed by atoms with Gasteiger partial charge in [0.05, 0.1) is 4.90 Å². The van der Waals surface area contributed by atoms with Crippen molar-refractivity contribution in [1.29, 1.82) is 0 Å². The summed E-state index contributed by atoms with van der Waals surface area (Å²) in [6, 6.07) is 5.10. The SMILES string of the molecule is CC(C)N1C[C@]2(CCCN(S(=O)(=O)c3ccc(F)cc3)C2)CCC1=O. The number of carbonyl (C=O) groups is 1. The fourth-order valence-electron chi connectivity index (χ4n) is 3.97. The largest absolute Gasteiger partial charge is 0.340 e. The van der Waals surface area contributed by atoms with Crippen molar-refractivity contribution in [3.05, 3.63) is 30.1 Å². The number of hydrogen-bond donors (Lipinski definition) is 0. The molecule has 25 heavy (non-hydrogen) atoms. The van der Waals surface area contributed by atoms with E-state index in [0.717, 1.165) is 19.3 Å². The Balaban J connectivity index is 1.83. The first-order chi connectivity index (χ1) is 11.7. The van der Waals surface area contributed by atoms with Gasteiger partial charge in [0.2, 0.25) is 15.9 Å². The van der Waals surface area contributed by atoms with Crippen LogP contribution in [0.3, 0.4) is 0 Å². The van der Waals surface area contributed by atoms with Crippen molar-refractivity contribution in [3.8, 4) is 0 Å². The number of carbonyl (C=O) groups excluding carboxylic acids is 1. The summed E-state index contributed by atoms with van der Waals surface area (Å²) in [6.07, 6.45) is 2.91. The molecular formula is C18H25FN2O3S. The van der Waals surface area contributed by atoms with Crippen molar-refractivity contribution < 1.29 is 17.6 Å². The first-order valence-electron chi connectivity index (χ1n) is 8.79. The van der Waals surface area contributed by atoms with E-state index < -0.39 is 15.8 Å². The molecule has 1 atom stereocenters. The predicted octanol–water partition coefficient (Wildman–Crippen LogP) is 2.63. The summed E-state index contributed by atoms with van der Waals surface area (Å²) in [7, 11) is -3.64. The number of amides is 1.